The van der Waals surface area contributed by atoms with Gasteiger partial charge in [-0.05, 0) is 55.9 Å². The van der Waals surface area contributed by atoms with Crippen LogP contribution in [0.1, 0.15) is 19.8 Å². The number of anilines is 1. The minimum absolute atomic E-state index is 0.128. The highest BCUT2D eigenvalue weighted by Crippen LogP contribution is 2.49. The second kappa shape index (κ2) is 6.27. The zero-order chi connectivity index (χ0) is 18.4. The Morgan fingerprint density at radius 3 is 2.08 bits per heavy atom. The van der Waals surface area contributed by atoms with Crippen LogP contribution in [0.5, 0.6) is 5.75 Å². The number of fused-ring (bicyclic) bond motifs is 1. The average molecular weight is 354 g/mol. The maximum atomic E-state index is 12.9. The van der Waals surface area contributed by atoms with Crippen LogP contribution in [0.15, 0.2) is 36.4 Å². The van der Waals surface area contributed by atoms with E-state index >= 15 is 0 Å². The van der Waals surface area contributed by atoms with E-state index in [0.29, 0.717) is 11.4 Å². The Labute approximate surface area is 152 Å². The summed E-state index contributed by atoms with van der Waals surface area (Å²) in [6, 6.07) is 6.10. The molecule has 1 aromatic rings. The van der Waals surface area contributed by atoms with Crippen LogP contribution in [0.25, 0.3) is 0 Å². The van der Waals surface area contributed by atoms with Gasteiger partial charge in [0.05, 0.1) is 18.9 Å². The minimum atomic E-state index is -0.831. The molecule has 2 fully saturated rings. The maximum Gasteiger partial charge on any atom is 0.247 e. The molecular weight excluding hydrogens is 332 g/mol. The first-order chi connectivity index (χ1) is 12.5. The molecular formula is C20H22N2O4. The molecule has 1 saturated carbocycles. The van der Waals surface area contributed by atoms with E-state index in [9.17, 15) is 14.4 Å². The van der Waals surface area contributed by atoms with Crippen molar-refractivity contribution in [3.63, 3.8) is 0 Å². The van der Waals surface area contributed by atoms with E-state index < -0.39 is 6.04 Å². The quantitative estimate of drug-likeness (QED) is 0.664. The number of amides is 3. The topological polar surface area (TPSA) is 75.7 Å². The summed E-state index contributed by atoms with van der Waals surface area (Å²) in [7, 11) is 1.57. The summed E-state index contributed by atoms with van der Waals surface area (Å²) in [5.41, 5.74) is 0.598. The van der Waals surface area contributed by atoms with Crippen molar-refractivity contribution < 1.29 is 19.1 Å². The normalized spacial score (nSPS) is 30.3. The van der Waals surface area contributed by atoms with E-state index in [1.165, 1.54) is 4.90 Å². The van der Waals surface area contributed by atoms with Gasteiger partial charge in [-0.15, -0.1) is 0 Å². The number of hydrogen-bond donors (Lipinski definition) is 1. The van der Waals surface area contributed by atoms with Crippen molar-refractivity contribution in [3.8, 4) is 5.75 Å². The molecule has 5 rings (SSSR count). The molecule has 136 valence electrons. The van der Waals surface area contributed by atoms with Gasteiger partial charge in [0.2, 0.25) is 17.7 Å². The second-order valence-corrected chi connectivity index (χ2v) is 7.28. The molecule has 1 aliphatic heterocycles. The van der Waals surface area contributed by atoms with E-state index in [4.69, 9.17) is 4.74 Å². The number of methoxy groups -OCH3 is 1. The molecule has 6 heteroatoms. The Morgan fingerprint density at radius 2 is 1.62 bits per heavy atom. The molecule has 6 nitrogen and oxygen atoms in total. The zero-order valence-electron chi connectivity index (χ0n) is 14.8. The van der Waals surface area contributed by atoms with Crippen molar-refractivity contribution in [2.45, 2.75) is 25.8 Å². The summed E-state index contributed by atoms with van der Waals surface area (Å²) in [6.07, 6.45) is 6.04. The average Bonchev–Trinajstić information content (AvgIpc) is 2.95. The number of nitrogens with one attached hydrogen (secondary N) is 1. The van der Waals surface area contributed by atoms with Gasteiger partial charge in [-0.2, -0.15) is 0 Å². The van der Waals surface area contributed by atoms with Gasteiger partial charge in [-0.1, -0.05) is 12.2 Å². The van der Waals surface area contributed by atoms with Crippen LogP contribution in [-0.2, 0) is 14.4 Å². The zero-order valence-corrected chi connectivity index (χ0v) is 14.8. The van der Waals surface area contributed by atoms with Gasteiger partial charge >= 0.3 is 0 Å². The fourth-order valence-corrected chi connectivity index (χ4v) is 4.52. The predicted molar refractivity (Wildman–Crippen MR) is 95.3 cm³/mol. The lowest BCUT2D eigenvalue weighted by Crippen LogP contribution is -2.46. The van der Waals surface area contributed by atoms with Crippen LogP contribution in [0.3, 0.4) is 0 Å². The van der Waals surface area contributed by atoms with Crippen molar-refractivity contribution in [1.29, 1.82) is 0 Å². The number of allylic oxidation sites excluding steroid dienone is 2. The van der Waals surface area contributed by atoms with Crippen LogP contribution in [0.2, 0.25) is 0 Å². The maximum absolute atomic E-state index is 12.9. The summed E-state index contributed by atoms with van der Waals surface area (Å²) < 4.78 is 5.10. The van der Waals surface area contributed by atoms with E-state index in [2.05, 4.69) is 17.5 Å². The van der Waals surface area contributed by atoms with Gasteiger partial charge in [0.1, 0.15) is 11.8 Å². The van der Waals surface area contributed by atoms with Crippen LogP contribution in [0.4, 0.5) is 5.69 Å². The van der Waals surface area contributed by atoms with Crippen molar-refractivity contribution in [1.82, 2.24) is 4.90 Å². The predicted octanol–water partition coefficient (Wildman–Crippen LogP) is 2.22. The first-order valence-electron chi connectivity index (χ1n) is 9.01. The third kappa shape index (κ3) is 2.52. The Kier molecular flexibility index (Phi) is 4.05. The third-order valence-electron chi connectivity index (χ3n) is 5.92. The lowest BCUT2D eigenvalue weighted by atomic mass is 9.63. The molecule has 3 aliphatic carbocycles. The molecule has 0 spiro atoms. The first kappa shape index (κ1) is 16.8. The van der Waals surface area contributed by atoms with Crippen LogP contribution < -0.4 is 10.1 Å². The first-order valence-corrected chi connectivity index (χ1v) is 9.01. The molecule has 5 atom stereocenters. The summed E-state index contributed by atoms with van der Waals surface area (Å²) in [5, 5.41) is 2.77. The van der Waals surface area contributed by atoms with Gasteiger partial charge in [0.25, 0.3) is 0 Å². The number of imide groups is 1. The molecule has 0 aromatic heterocycles. The van der Waals surface area contributed by atoms with E-state index in [1.807, 2.05) is 0 Å². The minimum Gasteiger partial charge on any atom is -0.497 e. The fraction of sp³-hybridized carbons (Fsp3) is 0.450. The molecule has 3 amide bonds. The smallest absolute Gasteiger partial charge is 0.247 e. The molecule has 4 aliphatic rings. The largest absolute Gasteiger partial charge is 0.497 e. The lowest BCUT2D eigenvalue weighted by molar-refractivity contribution is -0.146. The fourth-order valence-electron chi connectivity index (χ4n) is 4.52. The lowest BCUT2D eigenvalue weighted by Gasteiger charge is -2.38. The highest BCUT2D eigenvalue weighted by Gasteiger charge is 2.58. The molecule has 1 aromatic carbocycles. The van der Waals surface area contributed by atoms with Crippen molar-refractivity contribution in [2.24, 2.45) is 23.7 Å². The number of carbonyl (C=O) groups excluding carboxylic acids is 3. The molecule has 2 bridgehead atoms. The van der Waals surface area contributed by atoms with Crippen molar-refractivity contribution >= 4 is 23.4 Å². The number of likely N-dealkylation sites (tertiary alicyclic amines) is 1. The molecule has 0 radical (unpaired) electrons. The monoisotopic (exact) mass is 354 g/mol. The highest BCUT2D eigenvalue weighted by atomic mass is 16.5. The number of rotatable bonds is 4. The molecule has 1 saturated heterocycles. The SMILES string of the molecule is COc1ccc(NC(=O)[C@H](C)N2C(=O)[C@@H]3[C@H](C2=O)[C@H]2C=C[C@H]3CC2)cc1. The summed E-state index contributed by atoms with van der Waals surface area (Å²) in [6.45, 7) is 1.61. The van der Waals surface area contributed by atoms with Gasteiger partial charge in [-0.3, -0.25) is 19.3 Å². The molecule has 1 N–H and O–H groups in total. The molecule has 0 unspecified atom stereocenters. The van der Waals surface area contributed by atoms with Gasteiger partial charge < -0.3 is 10.1 Å². The van der Waals surface area contributed by atoms with Crippen LogP contribution in [-0.4, -0.2) is 35.8 Å². The second-order valence-electron chi connectivity index (χ2n) is 7.28. The number of benzene rings is 1. The van der Waals surface area contributed by atoms with Gasteiger partial charge in [0, 0.05) is 5.69 Å². The van der Waals surface area contributed by atoms with Crippen molar-refractivity contribution in [2.75, 3.05) is 12.4 Å². The van der Waals surface area contributed by atoms with E-state index in [0.717, 1.165) is 12.8 Å². The Morgan fingerprint density at radius 1 is 1.08 bits per heavy atom. The standard InChI is InChI=1S/C20H22N2O4/c1-11(18(23)21-14-7-9-15(26-2)10-8-14)22-19(24)16-12-3-4-13(6-5-12)17(16)20(22)25/h3-4,7-13,16-17H,5-6H2,1-2H3,(H,21,23)/t11-,12-,13-,16-,17+/m0/s1. The van der Waals surface area contributed by atoms with Crippen LogP contribution >= 0.6 is 0 Å². The highest BCUT2D eigenvalue weighted by molar-refractivity contribution is 6.10. The number of carbonyl (C=O) groups is 3. The Bertz CT molecular complexity index is 754. The number of hydrogen-bond acceptors (Lipinski definition) is 4. The third-order valence-corrected chi connectivity index (χ3v) is 5.92. The summed E-state index contributed by atoms with van der Waals surface area (Å²) >= 11 is 0. The van der Waals surface area contributed by atoms with E-state index in [-0.39, 0.29) is 41.4 Å². The molecule has 1 heterocycles. The van der Waals surface area contributed by atoms with Crippen molar-refractivity contribution in [3.05, 3.63) is 36.4 Å². The Hall–Kier alpha value is -2.63. The van der Waals surface area contributed by atoms with Gasteiger partial charge in [-0.25, -0.2) is 0 Å². The molecule has 26 heavy (non-hydrogen) atoms. The summed E-state index contributed by atoms with van der Waals surface area (Å²) in [5.74, 6) is -0.395. The summed E-state index contributed by atoms with van der Waals surface area (Å²) in [4.78, 5) is 39.6. The van der Waals surface area contributed by atoms with E-state index in [1.54, 1.807) is 38.3 Å². The number of nitrogens with zero attached hydrogens (tertiary/aromatic N) is 1. The van der Waals surface area contributed by atoms with Gasteiger partial charge in [0.15, 0.2) is 0 Å². The Balaban J connectivity index is 1.50. The number of ether oxygens (including phenoxy) is 1. The van der Waals surface area contributed by atoms with Crippen LogP contribution in [0, 0.1) is 23.7 Å².